The van der Waals surface area contributed by atoms with Crippen LogP contribution in [0.5, 0.6) is 0 Å². The van der Waals surface area contributed by atoms with Crippen LogP contribution in [0, 0.1) is 0 Å². The van der Waals surface area contributed by atoms with E-state index in [0.717, 1.165) is 36.6 Å². The minimum absolute atomic E-state index is 0.0540. The molecule has 0 saturated carbocycles. The topological polar surface area (TPSA) is 54.3 Å². The lowest BCUT2D eigenvalue weighted by Crippen LogP contribution is -2.32. The van der Waals surface area contributed by atoms with E-state index in [0.29, 0.717) is 32.6 Å². The third-order valence-electron chi connectivity index (χ3n) is 5.60. The van der Waals surface area contributed by atoms with Crippen LogP contribution in [-0.2, 0) is 25.8 Å². The van der Waals surface area contributed by atoms with Crippen LogP contribution in [0.3, 0.4) is 0 Å². The molecule has 2 aliphatic rings. The van der Waals surface area contributed by atoms with Crippen LogP contribution in [0.2, 0.25) is 0 Å². The van der Waals surface area contributed by atoms with Crippen molar-refractivity contribution in [2.45, 2.75) is 51.5 Å². The van der Waals surface area contributed by atoms with Crippen LogP contribution in [0.25, 0.3) is 0 Å². The summed E-state index contributed by atoms with van der Waals surface area (Å²) in [6.07, 6.45) is -0.202. The summed E-state index contributed by atoms with van der Waals surface area (Å²) in [5.74, 6) is -0.394. The van der Waals surface area contributed by atoms with E-state index in [4.69, 9.17) is 0 Å². The van der Waals surface area contributed by atoms with Crippen molar-refractivity contribution >= 4 is 5.91 Å². The number of hydrogen-bond donors (Lipinski definition) is 0. The first-order valence-electron chi connectivity index (χ1n) is 10.0. The molecular weight excluding hydrogens is 383 g/mol. The zero-order chi connectivity index (χ0) is 20.4. The zero-order valence-electron chi connectivity index (χ0n) is 16.2. The Kier molecular flexibility index (Phi) is 5.58. The van der Waals surface area contributed by atoms with E-state index in [-0.39, 0.29) is 5.56 Å². The molecule has 1 aromatic heterocycles. The average Bonchev–Trinajstić information content (AvgIpc) is 2.95. The van der Waals surface area contributed by atoms with Crippen LogP contribution in [0.4, 0.5) is 13.2 Å². The Balaban J connectivity index is 1.54. The summed E-state index contributed by atoms with van der Waals surface area (Å²) in [6.45, 7) is 4.18. The number of piperidine rings is 1. The molecule has 2 aliphatic heterocycles. The standard InChI is InChI=1S/C20H24F3N5O/c21-20(22,23)16-7-4-6-15(12-16)19(29)27-10-5-11-28-18(14-27)17(24-25-28)13-26-8-2-1-3-9-26/h4,6-7,12H,1-3,5,8-11,13-14H2. The number of nitrogens with zero attached hydrogens (tertiary/aromatic N) is 5. The molecule has 3 heterocycles. The summed E-state index contributed by atoms with van der Waals surface area (Å²) >= 11 is 0. The highest BCUT2D eigenvalue weighted by Crippen LogP contribution is 2.30. The Morgan fingerprint density at radius 1 is 1.03 bits per heavy atom. The summed E-state index contributed by atoms with van der Waals surface area (Å²) in [5, 5.41) is 8.58. The number of alkyl halides is 3. The van der Waals surface area contributed by atoms with Gasteiger partial charge < -0.3 is 4.90 Å². The van der Waals surface area contributed by atoms with Crippen LogP contribution in [0.1, 0.15) is 53.0 Å². The highest BCUT2D eigenvalue weighted by Gasteiger charge is 2.32. The Hall–Kier alpha value is -2.42. The van der Waals surface area contributed by atoms with Gasteiger partial charge in [-0.05, 0) is 50.6 Å². The molecule has 1 amide bonds. The molecule has 0 aliphatic carbocycles. The number of carbonyl (C=O) groups excluding carboxylic acids is 1. The van der Waals surface area contributed by atoms with Gasteiger partial charge in [0.15, 0.2) is 0 Å². The summed E-state index contributed by atoms with van der Waals surface area (Å²) in [5.41, 5.74) is 0.984. The molecule has 0 N–H and O–H groups in total. The number of aryl methyl sites for hydroxylation is 1. The van der Waals surface area contributed by atoms with Crippen molar-refractivity contribution in [3.8, 4) is 0 Å². The van der Waals surface area contributed by atoms with Crippen molar-refractivity contribution in [2.75, 3.05) is 19.6 Å². The number of carbonyl (C=O) groups is 1. The summed E-state index contributed by atoms with van der Waals surface area (Å²) in [4.78, 5) is 16.9. The van der Waals surface area contributed by atoms with Crippen molar-refractivity contribution in [2.24, 2.45) is 0 Å². The molecule has 29 heavy (non-hydrogen) atoms. The first-order valence-corrected chi connectivity index (χ1v) is 10.0. The molecule has 0 spiro atoms. The highest BCUT2D eigenvalue weighted by molar-refractivity contribution is 5.94. The Bertz CT molecular complexity index is 873. The predicted molar refractivity (Wildman–Crippen MR) is 100.0 cm³/mol. The van der Waals surface area contributed by atoms with Crippen molar-refractivity contribution < 1.29 is 18.0 Å². The van der Waals surface area contributed by atoms with E-state index in [2.05, 4.69) is 15.2 Å². The number of fused-ring (bicyclic) bond motifs is 1. The number of rotatable bonds is 3. The van der Waals surface area contributed by atoms with Gasteiger partial charge in [-0.3, -0.25) is 9.69 Å². The van der Waals surface area contributed by atoms with Gasteiger partial charge in [0.1, 0.15) is 5.69 Å². The van der Waals surface area contributed by atoms with E-state index in [1.807, 2.05) is 4.68 Å². The second-order valence-electron chi connectivity index (χ2n) is 7.70. The lowest BCUT2D eigenvalue weighted by atomic mass is 10.1. The van der Waals surface area contributed by atoms with Gasteiger partial charge >= 0.3 is 6.18 Å². The van der Waals surface area contributed by atoms with Gasteiger partial charge in [-0.15, -0.1) is 5.10 Å². The summed E-state index contributed by atoms with van der Waals surface area (Å²) in [7, 11) is 0. The Morgan fingerprint density at radius 2 is 1.83 bits per heavy atom. The molecule has 0 radical (unpaired) electrons. The first kappa shape index (κ1) is 19.9. The van der Waals surface area contributed by atoms with E-state index >= 15 is 0 Å². The molecule has 0 unspecified atom stereocenters. The number of amides is 1. The molecule has 1 saturated heterocycles. The molecular formula is C20H24F3N5O. The maximum atomic E-state index is 13.0. The maximum Gasteiger partial charge on any atom is 0.416 e. The monoisotopic (exact) mass is 407 g/mol. The normalized spacial score (nSPS) is 18.4. The van der Waals surface area contributed by atoms with Gasteiger partial charge in [-0.25, -0.2) is 4.68 Å². The van der Waals surface area contributed by atoms with Crippen LogP contribution in [-0.4, -0.2) is 50.3 Å². The lowest BCUT2D eigenvalue weighted by Gasteiger charge is -2.26. The highest BCUT2D eigenvalue weighted by atomic mass is 19.4. The van der Waals surface area contributed by atoms with Crippen molar-refractivity contribution in [1.82, 2.24) is 24.8 Å². The molecule has 1 fully saturated rings. The van der Waals surface area contributed by atoms with Gasteiger partial charge in [0, 0.05) is 25.2 Å². The van der Waals surface area contributed by atoms with Gasteiger partial charge in [0.25, 0.3) is 5.91 Å². The largest absolute Gasteiger partial charge is 0.416 e. The van der Waals surface area contributed by atoms with Gasteiger partial charge in [-0.1, -0.05) is 17.7 Å². The number of hydrogen-bond acceptors (Lipinski definition) is 4. The maximum absolute atomic E-state index is 13.0. The smallest absolute Gasteiger partial charge is 0.333 e. The van der Waals surface area contributed by atoms with Crippen molar-refractivity contribution in [3.05, 3.63) is 46.8 Å². The van der Waals surface area contributed by atoms with Gasteiger partial charge in [0.2, 0.25) is 0 Å². The molecule has 0 bridgehead atoms. The molecule has 156 valence electrons. The van der Waals surface area contributed by atoms with Crippen LogP contribution < -0.4 is 0 Å². The quantitative estimate of drug-likeness (QED) is 0.783. The van der Waals surface area contributed by atoms with Crippen LogP contribution in [0.15, 0.2) is 24.3 Å². The van der Waals surface area contributed by atoms with Crippen LogP contribution >= 0.6 is 0 Å². The molecule has 1 aromatic carbocycles. The predicted octanol–water partition coefficient (Wildman–Crippen LogP) is 3.33. The van der Waals surface area contributed by atoms with Gasteiger partial charge in [-0.2, -0.15) is 13.2 Å². The molecule has 4 rings (SSSR count). The molecule has 0 atom stereocenters. The molecule has 2 aromatic rings. The fraction of sp³-hybridized carbons (Fsp3) is 0.550. The third kappa shape index (κ3) is 4.44. The van der Waals surface area contributed by atoms with Crippen molar-refractivity contribution in [1.29, 1.82) is 0 Å². The number of likely N-dealkylation sites (tertiary alicyclic amines) is 1. The number of aromatic nitrogens is 3. The lowest BCUT2D eigenvalue weighted by molar-refractivity contribution is -0.137. The van der Waals surface area contributed by atoms with E-state index in [1.165, 1.54) is 31.4 Å². The molecule has 6 nitrogen and oxygen atoms in total. The summed E-state index contributed by atoms with van der Waals surface area (Å²) < 4.78 is 40.9. The first-order chi connectivity index (χ1) is 13.9. The number of halogens is 3. The van der Waals surface area contributed by atoms with E-state index < -0.39 is 17.6 Å². The minimum atomic E-state index is -4.47. The molecule has 9 heteroatoms. The van der Waals surface area contributed by atoms with E-state index in [9.17, 15) is 18.0 Å². The third-order valence-corrected chi connectivity index (χ3v) is 5.60. The minimum Gasteiger partial charge on any atom is -0.333 e. The number of benzene rings is 1. The van der Waals surface area contributed by atoms with Crippen molar-refractivity contribution in [3.63, 3.8) is 0 Å². The second kappa shape index (κ2) is 8.14. The Labute approximate surface area is 167 Å². The fourth-order valence-electron chi connectivity index (χ4n) is 4.03. The Morgan fingerprint density at radius 3 is 2.59 bits per heavy atom. The van der Waals surface area contributed by atoms with Gasteiger partial charge in [0.05, 0.1) is 17.8 Å². The van der Waals surface area contributed by atoms with E-state index in [1.54, 1.807) is 4.90 Å². The second-order valence-corrected chi connectivity index (χ2v) is 7.70. The zero-order valence-corrected chi connectivity index (χ0v) is 16.2. The SMILES string of the molecule is O=C(c1cccc(C(F)(F)F)c1)N1CCCn2nnc(CN3CCCCC3)c2C1. The average molecular weight is 407 g/mol. The fourth-order valence-corrected chi connectivity index (χ4v) is 4.03. The summed E-state index contributed by atoms with van der Waals surface area (Å²) in [6, 6.07) is 4.63.